The number of rotatable bonds is 4. The van der Waals surface area contributed by atoms with Crippen LogP contribution < -0.4 is 9.46 Å². The summed E-state index contributed by atoms with van der Waals surface area (Å²) in [4.78, 5) is 0.241. The fourth-order valence-electron chi connectivity index (χ4n) is 2.89. The van der Waals surface area contributed by atoms with Crippen LogP contribution in [0.1, 0.15) is 12.0 Å². The molecule has 0 radical (unpaired) electrons. The van der Waals surface area contributed by atoms with E-state index in [1.54, 1.807) is 48.8 Å². The van der Waals surface area contributed by atoms with Crippen molar-refractivity contribution in [3.63, 3.8) is 0 Å². The Balaban J connectivity index is 1.62. The SMILES string of the molecule is O=S(=O)(Nc1cccc(-c2cn[nH]c2)c1)c1ccc2c(c1)CCCO2. The molecule has 1 aromatic heterocycles. The van der Waals surface area contributed by atoms with Crippen molar-refractivity contribution in [3.05, 3.63) is 60.4 Å². The molecule has 0 fully saturated rings. The summed E-state index contributed by atoms with van der Waals surface area (Å²) in [5, 5.41) is 6.67. The lowest BCUT2D eigenvalue weighted by Gasteiger charge is -2.18. The highest BCUT2D eigenvalue weighted by molar-refractivity contribution is 7.92. The highest BCUT2D eigenvalue weighted by Gasteiger charge is 2.18. The predicted octanol–water partition coefficient (Wildman–Crippen LogP) is 3.20. The van der Waals surface area contributed by atoms with Crippen LogP contribution >= 0.6 is 0 Å². The second-order valence-electron chi connectivity index (χ2n) is 5.89. The van der Waals surface area contributed by atoms with Crippen molar-refractivity contribution in [2.75, 3.05) is 11.3 Å². The van der Waals surface area contributed by atoms with Crippen molar-refractivity contribution in [1.82, 2.24) is 10.2 Å². The Bertz CT molecular complexity index is 998. The number of aromatic amines is 1. The first-order valence-corrected chi connectivity index (χ1v) is 9.48. The number of fused-ring (bicyclic) bond motifs is 1. The first-order valence-electron chi connectivity index (χ1n) is 8.00. The van der Waals surface area contributed by atoms with E-state index in [1.165, 1.54) is 0 Å². The number of sulfonamides is 1. The van der Waals surface area contributed by atoms with Gasteiger partial charge in [0.05, 0.1) is 17.7 Å². The molecule has 0 unspecified atom stereocenters. The zero-order valence-electron chi connectivity index (χ0n) is 13.4. The molecule has 1 aliphatic heterocycles. The van der Waals surface area contributed by atoms with E-state index in [-0.39, 0.29) is 4.90 Å². The van der Waals surface area contributed by atoms with Crippen LogP contribution in [0, 0.1) is 0 Å². The number of H-pyrrole nitrogens is 1. The summed E-state index contributed by atoms with van der Waals surface area (Å²) in [5.41, 5.74) is 3.22. The minimum absolute atomic E-state index is 0.241. The zero-order valence-corrected chi connectivity index (χ0v) is 14.2. The third-order valence-electron chi connectivity index (χ3n) is 4.14. The van der Waals surface area contributed by atoms with Gasteiger partial charge in [0.1, 0.15) is 5.75 Å². The van der Waals surface area contributed by atoms with Gasteiger partial charge in [0, 0.05) is 17.4 Å². The molecule has 128 valence electrons. The van der Waals surface area contributed by atoms with Gasteiger partial charge >= 0.3 is 0 Å². The second kappa shape index (κ2) is 6.25. The molecule has 1 aliphatic rings. The number of hydrogen-bond acceptors (Lipinski definition) is 4. The minimum atomic E-state index is -3.66. The number of aromatic nitrogens is 2. The maximum absolute atomic E-state index is 12.7. The first kappa shape index (κ1) is 15.7. The Morgan fingerprint density at radius 1 is 1.12 bits per heavy atom. The molecule has 0 bridgehead atoms. The fraction of sp³-hybridized carbons (Fsp3) is 0.167. The molecule has 25 heavy (non-hydrogen) atoms. The number of benzene rings is 2. The van der Waals surface area contributed by atoms with E-state index in [1.807, 2.05) is 6.07 Å². The van der Waals surface area contributed by atoms with Crippen LogP contribution in [-0.2, 0) is 16.4 Å². The summed E-state index contributed by atoms with van der Waals surface area (Å²) in [6.45, 7) is 0.679. The summed E-state index contributed by atoms with van der Waals surface area (Å²) in [7, 11) is -3.66. The lowest BCUT2D eigenvalue weighted by molar-refractivity contribution is 0.288. The summed E-state index contributed by atoms with van der Waals surface area (Å²) < 4.78 is 33.6. The average Bonchev–Trinajstić information content (AvgIpc) is 3.16. The van der Waals surface area contributed by atoms with Gasteiger partial charge in [-0.05, 0) is 54.3 Å². The number of nitrogens with one attached hydrogen (secondary N) is 2. The topological polar surface area (TPSA) is 84.1 Å². The fourth-order valence-corrected chi connectivity index (χ4v) is 3.99. The maximum atomic E-state index is 12.7. The average molecular weight is 355 g/mol. The summed E-state index contributed by atoms with van der Waals surface area (Å²) in [6, 6.07) is 12.2. The Morgan fingerprint density at radius 2 is 2.04 bits per heavy atom. The number of ether oxygens (including phenoxy) is 1. The van der Waals surface area contributed by atoms with E-state index < -0.39 is 10.0 Å². The van der Waals surface area contributed by atoms with E-state index in [2.05, 4.69) is 14.9 Å². The molecule has 2 heterocycles. The molecule has 4 rings (SSSR count). The summed E-state index contributed by atoms with van der Waals surface area (Å²) in [5.74, 6) is 0.771. The normalized spacial score (nSPS) is 13.8. The lowest BCUT2D eigenvalue weighted by atomic mass is 10.1. The molecule has 0 saturated carbocycles. The molecule has 0 aliphatic carbocycles. The van der Waals surface area contributed by atoms with Gasteiger partial charge in [-0.1, -0.05) is 12.1 Å². The Morgan fingerprint density at radius 3 is 2.88 bits per heavy atom. The lowest BCUT2D eigenvalue weighted by Crippen LogP contribution is -2.15. The number of aryl methyl sites for hydroxylation is 1. The van der Waals surface area contributed by atoms with E-state index >= 15 is 0 Å². The van der Waals surface area contributed by atoms with E-state index in [0.717, 1.165) is 35.3 Å². The first-order chi connectivity index (χ1) is 12.1. The predicted molar refractivity (Wildman–Crippen MR) is 95.1 cm³/mol. The molecular weight excluding hydrogens is 338 g/mol. The monoisotopic (exact) mass is 355 g/mol. The molecule has 6 nitrogen and oxygen atoms in total. The molecule has 2 N–H and O–H groups in total. The molecule has 3 aromatic rings. The molecule has 0 spiro atoms. The van der Waals surface area contributed by atoms with Crippen LogP contribution in [0.5, 0.6) is 5.75 Å². The van der Waals surface area contributed by atoms with Gasteiger partial charge in [-0.15, -0.1) is 0 Å². The van der Waals surface area contributed by atoms with Gasteiger partial charge in [-0.25, -0.2) is 8.42 Å². The van der Waals surface area contributed by atoms with Crippen molar-refractivity contribution in [2.24, 2.45) is 0 Å². The molecule has 7 heteroatoms. The van der Waals surface area contributed by atoms with Crippen LogP contribution in [0.3, 0.4) is 0 Å². The zero-order chi connectivity index (χ0) is 17.3. The summed E-state index contributed by atoms with van der Waals surface area (Å²) in [6.07, 6.45) is 5.18. The highest BCUT2D eigenvalue weighted by Crippen LogP contribution is 2.29. The van der Waals surface area contributed by atoms with Gasteiger partial charge in [0.15, 0.2) is 0 Å². The molecule has 0 amide bonds. The van der Waals surface area contributed by atoms with Crippen molar-refractivity contribution < 1.29 is 13.2 Å². The van der Waals surface area contributed by atoms with Crippen LogP contribution in [0.15, 0.2) is 59.8 Å². The molecule has 2 aromatic carbocycles. The number of hydrogen-bond donors (Lipinski definition) is 2. The Labute approximate surface area is 145 Å². The highest BCUT2D eigenvalue weighted by atomic mass is 32.2. The quantitative estimate of drug-likeness (QED) is 0.753. The van der Waals surface area contributed by atoms with Crippen LogP contribution in [-0.4, -0.2) is 25.2 Å². The number of anilines is 1. The van der Waals surface area contributed by atoms with Gasteiger partial charge < -0.3 is 4.74 Å². The second-order valence-corrected chi connectivity index (χ2v) is 7.58. The van der Waals surface area contributed by atoms with Crippen molar-refractivity contribution in [1.29, 1.82) is 0 Å². The third kappa shape index (κ3) is 3.23. The Kier molecular flexibility index (Phi) is 3.93. The van der Waals surface area contributed by atoms with Crippen molar-refractivity contribution in [2.45, 2.75) is 17.7 Å². The van der Waals surface area contributed by atoms with Crippen molar-refractivity contribution >= 4 is 15.7 Å². The Hall–Kier alpha value is -2.80. The van der Waals surface area contributed by atoms with Crippen LogP contribution in [0.2, 0.25) is 0 Å². The van der Waals surface area contributed by atoms with Crippen LogP contribution in [0.25, 0.3) is 11.1 Å². The van der Waals surface area contributed by atoms with Crippen LogP contribution in [0.4, 0.5) is 5.69 Å². The number of nitrogens with zero attached hydrogens (tertiary/aromatic N) is 1. The third-order valence-corrected chi connectivity index (χ3v) is 5.52. The maximum Gasteiger partial charge on any atom is 0.261 e. The standard InChI is InChI=1S/C18H17N3O3S/c22-25(23,17-6-7-18-14(10-17)4-2-8-24-18)21-16-5-1-3-13(9-16)15-11-19-20-12-15/h1,3,5-7,9-12,21H,2,4,8H2,(H,19,20). The minimum Gasteiger partial charge on any atom is -0.493 e. The molecule has 0 atom stereocenters. The van der Waals surface area contributed by atoms with Gasteiger partial charge in [-0.3, -0.25) is 9.82 Å². The van der Waals surface area contributed by atoms with E-state index in [0.29, 0.717) is 12.3 Å². The van der Waals surface area contributed by atoms with E-state index in [4.69, 9.17) is 4.74 Å². The van der Waals surface area contributed by atoms with Gasteiger partial charge in [0.25, 0.3) is 10.0 Å². The largest absolute Gasteiger partial charge is 0.493 e. The summed E-state index contributed by atoms with van der Waals surface area (Å²) >= 11 is 0. The smallest absolute Gasteiger partial charge is 0.261 e. The molecule has 0 saturated heterocycles. The molecular formula is C18H17N3O3S. The van der Waals surface area contributed by atoms with Gasteiger partial charge in [-0.2, -0.15) is 5.10 Å². The van der Waals surface area contributed by atoms with E-state index in [9.17, 15) is 8.42 Å². The van der Waals surface area contributed by atoms with Crippen molar-refractivity contribution in [3.8, 4) is 16.9 Å². The van der Waals surface area contributed by atoms with Gasteiger partial charge in [0.2, 0.25) is 0 Å².